The molecule has 0 saturated carbocycles. The van der Waals surface area contributed by atoms with E-state index in [0.29, 0.717) is 0 Å². The minimum atomic E-state index is -0.382. The molecule has 1 aromatic heterocycles. The second-order valence-electron chi connectivity index (χ2n) is 1.34. The summed E-state index contributed by atoms with van der Waals surface area (Å²) in [6, 6.07) is 0. The van der Waals surface area contributed by atoms with Gasteiger partial charge in [0.15, 0.2) is 0 Å². The third-order valence-corrected chi connectivity index (χ3v) is 0.796. The predicted molar refractivity (Wildman–Crippen MR) is 30.5 cm³/mol. The molecule has 1 aromatic rings. The zero-order valence-corrected chi connectivity index (χ0v) is 4.46. The average Bonchev–Trinajstić information content (AvgIpc) is 1.89. The zero-order chi connectivity index (χ0) is 6.69. The molecule has 0 saturated heterocycles. The Morgan fingerprint density at radius 2 is 2.56 bits per heavy atom. The van der Waals surface area contributed by atoms with Gasteiger partial charge in [-0.15, -0.1) is 5.10 Å². The van der Waals surface area contributed by atoms with Crippen molar-refractivity contribution in [3.05, 3.63) is 16.6 Å². The van der Waals surface area contributed by atoms with Crippen molar-refractivity contribution in [3.63, 3.8) is 0 Å². The molecule has 0 fully saturated rings. The Hall–Kier alpha value is -1.43. The first-order valence-electron chi connectivity index (χ1n) is 2.21. The van der Waals surface area contributed by atoms with Crippen molar-refractivity contribution in [3.8, 4) is 0 Å². The fourth-order valence-corrected chi connectivity index (χ4v) is 0.383. The largest absolute Gasteiger partial charge is 0.318 e. The van der Waals surface area contributed by atoms with Gasteiger partial charge < -0.3 is 5.43 Å². The summed E-state index contributed by atoms with van der Waals surface area (Å²) in [6.45, 7) is 0. The van der Waals surface area contributed by atoms with Crippen LogP contribution in [0.15, 0.2) is 11.0 Å². The van der Waals surface area contributed by atoms with Crippen LogP contribution in [0.3, 0.4) is 0 Å². The van der Waals surface area contributed by atoms with Crippen molar-refractivity contribution < 1.29 is 0 Å². The number of rotatable bonds is 1. The fourth-order valence-electron chi connectivity index (χ4n) is 0.383. The second kappa shape index (κ2) is 2.23. The van der Waals surface area contributed by atoms with E-state index in [1.54, 1.807) is 0 Å². The summed E-state index contributed by atoms with van der Waals surface area (Å²) in [5.74, 6) is 4.91. The van der Waals surface area contributed by atoms with E-state index in [-0.39, 0.29) is 11.2 Å². The summed E-state index contributed by atoms with van der Waals surface area (Å²) in [6.07, 6.45) is 1.23. The summed E-state index contributed by atoms with van der Waals surface area (Å²) >= 11 is 0. The molecule has 1 heterocycles. The van der Waals surface area contributed by atoms with Gasteiger partial charge in [0, 0.05) is 0 Å². The quantitative estimate of drug-likeness (QED) is 0.313. The Kier molecular flexibility index (Phi) is 1.41. The number of anilines is 1. The van der Waals surface area contributed by atoms with Crippen LogP contribution in [0.25, 0.3) is 0 Å². The molecule has 0 aliphatic carbocycles. The number of nitrogens with zero attached hydrogens (tertiary/aromatic N) is 2. The van der Waals surface area contributed by atoms with Crippen molar-refractivity contribution in [2.75, 3.05) is 5.43 Å². The minimum Gasteiger partial charge on any atom is -0.318 e. The Morgan fingerprint density at radius 1 is 1.78 bits per heavy atom. The summed E-state index contributed by atoms with van der Waals surface area (Å²) in [7, 11) is 0. The van der Waals surface area contributed by atoms with Crippen LogP contribution in [0.4, 0.5) is 5.69 Å². The summed E-state index contributed by atoms with van der Waals surface area (Å²) in [4.78, 5) is 10.5. The van der Waals surface area contributed by atoms with Gasteiger partial charge in [0.1, 0.15) is 5.69 Å². The van der Waals surface area contributed by atoms with Gasteiger partial charge >= 0.3 is 0 Å². The lowest BCUT2D eigenvalue weighted by Gasteiger charge is -1.91. The van der Waals surface area contributed by atoms with Crippen molar-refractivity contribution in [1.82, 2.24) is 15.4 Å². The molecule has 0 aliphatic rings. The fraction of sp³-hybridized carbons (Fsp3) is 0. The van der Waals surface area contributed by atoms with E-state index >= 15 is 0 Å². The Morgan fingerprint density at radius 3 is 3.00 bits per heavy atom. The number of aromatic amines is 1. The first-order valence-corrected chi connectivity index (χ1v) is 2.21. The zero-order valence-electron chi connectivity index (χ0n) is 4.46. The van der Waals surface area contributed by atoms with Gasteiger partial charge in [-0.05, 0) is 0 Å². The third kappa shape index (κ3) is 1.03. The first-order chi connectivity index (χ1) is 4.34. The van der Waals surface area contributed by atoms with Crippen LogP contribution < -0.4 is 16.8 Å². The molecule has 0 aliphatic heterocycles. The van der Waals surface area contributed by atoms with Crippen LogP contribution in [0, 0.1) is 0 Å². The highest BCUT2D eigenvalue weighted by atomic mass is 16.1. The van der Waals surface area contributed by atoms with E-state index in [1.807, 2.05) is 0 Å². The lowest BCUT2D eigenvalue weighted by atomic mass is 10.6. The van der Waals surface area contributed by atoms with E-state index in [2.05, 4.69) is 20.8 Å². The van der Waals surface area contributed by atoms with Crippen molar-refractivity contribution >= 4 is 5.69 Å². The maximum atomic E-state index is 10.5. The highest BCUT2D eigenvalue weighted by Gasteiger charge is 1.91. The van der Waals surface area contributed by atoms with Crippen LogP contribution in [-0.2, 0) is 0 Å². The average molecular weight is 127 g/mol. The summed E-state index contributed by atoms with van der Waals surface area (Å²) in [5.41, 5.74) is 1.97. The lowest BCUT2D eigenvalue weighted by molar-refractivity contribution is 0.841. The van der Waals surface area contributed by atoms with E-state index in [0.717, 1.165) is 0 Å². The number of aromatic nitrogens is 3. The normalized spacial score (nSPS) is 9.00. The maximum absolute atomic E-state index is 10.5. The van der Waals surface area contributed by atoms with Gasteiger partial charge in [-0.1, -0.05) is 5.21 Å². The molecule has 0 radical (unpaired) electrons. The Labute approximate surface area is 50.0 Å². The minimum absolute atomic E-state index is 0.199. The van der Waals surface area contributed by atoms with E-state index in [1.165, 1.54) is 6.20 Å². The number of hydrogen-bond donors (Lipinski definition) is 3. The molecular formula is C3H5N5O. The maximum Gasteiger partial charge on any atom is 0.291 e. The van der Waals surface area contributed by atoms with Crippen molar-refractivity contribution in [1.29, 1.82) is 0 Å². The molecule has 0 bridgehead atoms. The van der Waals surface area contributed by atoms with Crippen LogP contribution in [0.1, 0.15) is 0 Å². The Balaban J connectivity index is 3.16. The second-order valence-corrected chi connectivity index (χ2v) is 1.34. The number of nitrogens with two attached hydrogens (primary N) is 1. The highest BCUT2D eigenvalue weighted by Crippen LogP contribution is 1.84. The number of nitrogens with one attached hydrogen (secondary N) is 2. The standard InChI is InChI=1S/C3H5N5O/c4-6-2-1-5-8-7-3(2)9/h1H,4H2,(H,6,8)(H,5,7,9). The molecule has 6 heteroatoms. The molecule has 0 atom stereocenters. The molecule has 6 nitrogen and oxygen atoms in total. The molecule has 1 rings (SSSR count). The third-order valence-electron chi connectivity index (χ3n) is 0.796. The van der Waals surface area contributed by atoms with Gasteiger partial charge in [0.25, 0.3) is 5.56 Å². The molecule has 0 aromatic carbocycles. The first kappa shape index (κ1) is 5.70. The molecule has 9 heavy (non-hydrogen) atoms. The number of H-pyrrole nitrogens is 1. The number of nitrogen functional groups attached to an aromatic ring is 1. The van der Waals surface area contributed by atoms with E-state index < -0.39 is 0 Å². The van der Waals surface area contributed by atoms with Crippen molar-refractivity contribution in [2.45, 2.75) is 0 Å². The van der Waals surface area contributed by atoms with Gasteiger partial charge in [-0.25, -0.2) is 5.10 Å². The van der Waals surface area contributed by atoms with Gasteiger partial charge in [0.2, 0.25) is 0 Å². The number of hydrogen-bond acceptors (Lipinski definition) is 5. The summed E-state index contributed by atoms with van der Waals surface area (Å²) in [5, 5.41) is 8.67. The van der Waals surface area contributed by atoms with Crippen LogP contribution in [0.5, 0.6) is 0 Å². The van der Waals surface area contributed by atoms with Gasteiger partial charge in [-0.2, -0.15) is 0 Å². The van der Waals surface area contributed by atoms with Crippen LogP contribution >= 0.6 is 0 Å². The summed E-state index contributed by atoms with van der Waals surface area (Å²) < 4.78 is 0. The molecule has 0 amide bonds. The lowest BCUT2D eigenvalue weighted by Crippen LogP contribution is -2.19. The van der Waals surface area contributed by atoms with Crippen molar-refractivity contribution in [2.24, 2.45) is 5.84 Å². The van der Waals surface area contributed by atoms with E-state index in [4.69, 9.17) is 5.84 Å². The SMILES string of the molecule is NNc1cnn[nH]c1=O. The Bertz CT molecular complexity index is 242. The van der Waals surface area contributed by atoms with Gasteiger partial charge in [0.05, 0.1) is 6.20 Å². The van der Waals surface area contributed by atoms with Crippen LogP contribution in [0.2, 0.25) is 0 Å². The topological polar surface area (TPSA) is 96.7 Å². The molecular weight excluding hydrogens is 122 g/mol. The van der Waals surface area contributed by atoms with Crippen LogP contribution in [-0.4, -0.2) is 15.4 Å². The van der Waals surface area contributed by atoms with Gasteiger partial charge in [-0.3, -0.25) is 10.6 Å². The smallest absolute Gasteiger partial charge is 0.291 e. The molecule has 4 N–H and O–H groups in total. The van der Waals surface area contributed by atoms with E-state index in [9.17, 15) is 4.79 Å². The molecule has 0 unspecified atom stereocenters. The monoisotopic (exact) mass is 127 g/mol. The number of hydrazine groups is 1. The molecule has 0 spiro atoms. The predicted octanol–water partition coefficient (Wildman–Crippen LogP) is -1.55. The molecule has 48 valence electrons. The highest BCUT2D eigenvalue weighted by molar-refractivity contribution is 5.34.